The van der Waals surface area contributed by atoms with E-state index >= 15 is 0 Å². The number of rotatable bonds is 12. The number of Topliss-reactive ketones (excluding diaryl/α,β-unsaturated/α-hetero) is 1. The molecule has 0 bridgehead atoms. The number of benzene rings is 1. The first-order valence-electron chi connectivity index (χ1n) is 16.5. The summed E-state index contributed by atoms with van der Waals surface area (Å²) in [6, 6.07) is 0. The molecule has 2 heterocycles. The van der Waals surface area contributed by atoms with E-state index in [0.29, 0.717) is 47.5 Å². The predicted molar refractivity (Wildman–Crippen MR) is 183 cm³/mol. The van der Waals surface area contributed by atoms with Crippen molar-refractivity contribution in [3.63, 3.8) is 0 Å². The van der Waals surface area contributed by atoms with Gasteiger partial charge in [-0.25, -0.2) is 4.79 Å². The van der Waals surface area contributed by atoms with Crippen molar-refractivity contribution >= 4 is 24.1 Å². The van der Waals surface area contributed by atoms with Crippen LogP contribution in [0.5, 0.6) is 17.2 Å². The number of carboxylic acid groups (broad SMARTS) is 1. The van der Waals surface area contributed by atoms with E-state index in [-0.39, 0.29) is 28.8 Å². The van der Waals surface area contributed by atoms with E-state index in [1.807, 2.05) is 53.7 Å². The van der Waals surface area contributed by atoms with E-state index in [4.69, 9.17) is 14.2 Å². The lowest BCUT2D eigenvalue weighted by molar-refractivity contribution is -0.132. The van der Waals surface area contributed by atoms with E-state index in [1.165, 1.54) is 12.5 Å². The number of carbonyl (C=O) groups is 3. The Balaban J connectivity index is 1.81. The van der Waals surface area contributed by atoms with Crippen LogP contribution in [-0.4, -0.2) is 51.7 Å². The van der Waals surface area contributed by atoms with Gasteiger partial charge in [0, 0.05) is 28.5 Å². The molecular formula is C39H50O8. The van der Waals surface area contributed by atoms with Gasteiger partial charge in [0.05, 0.1) is 17.3 Å². The molecule has 0 amide bonds. The molecule has 0 fully saturated rings. The summed E-state index contributed by atoms with van der Waals surface area (Å²) >= 11 is 0. The molecule has 3 aliphatic rings. The van der Waals surface area contributed by atoms with Gasteiger partial charge in [-0.2, -0.15) is 0 Å². The van der Waals surface area contributed by atoms with Crippen LogP contribution in [0.25, 0.3) is 6.08 Å². The second-order valence-corrected chi connectivity index (χ2v) is 14.4. The Morgan fingerprint density at radius 1 is 1.13 bits per heavy atom. The Bertz CT molecular complexity index is 1580. The van der Waals surface area contributed by atoms with Crippen LogP contribution in [0, 0.1) is 11.8 Å². The van der Waals surface area contributed by atoms with E-state index in [2.05, 4.69) is 26.0 Å². The number of fused-ring (bicyclic) bond motifs is 3. The second-order valence-electron chi connectivity index (χ2n) is 14.4. The smallest absolute Gasteiger partial charge is 0.330 e. The number of ketones is 1. The number of hydrogen-bond donors (Lipinski definition) is 2. The molecule has 0 saturated carbocycles. The summed E-state index contributed by atoms with van der Waals surface area (Å²) in [5.74, 6) is -1.70. The maximum absolute atomic E-state index is 14.4. The third-order valence-electron chi connectivity index (χ3n) is 9.35. The Morgan fingerprint density at radius 2 is 1.81 bits per heavy atom. The lowest BCUT2D eigenvalue weighted by atomic mass is 9.70. The third-order valence-corrected chi connectivity index (χ3v) is 9.35. The van der Waals surface area contributed by atoms with E-state index in [1.54, 1.807) is 12.2 Å². The lowest BCUT2D eigenvalue weighted by Gasteiger charge is -2.46. The van der Waals surface area contributed by atoms with Crippen molar-refractivity contribution in [3.8, 4) is 17.2 Å². The lowest BCUT2D eigenvalue weighted by Crippen LogP contribution is -2.51. The third kappa shape index (κ3) is 7.81. The molecule has 5 atom stereocenters. The van der Waals surface area contributed by atoms with Crippen LogP contribution in [-0.2, 0) is 20.7 Å². The molecule has 1 aliphatic carbocycles. The maximum Gasteiger partial charge on any atom is 0.330 e. The van der Waals surface area contributed by atoms with Crippen molar-refractivity contribution in [2.24, 2.45) is 11.8 Å². The van der Waals surface area contributed by atoms with E-state index < -0.39 is 35.1 Å². The highest BCUT2D eigenvalue weighted by Crippen LogP contribution is 2.53. The van der Waals surface area contributed by atoms with Crippen LogP contribution in [0.2, 0.25) is 0 Å². The number of phenolic OH excluding ortho intramolecular Hbond substituents is 1. The largest absolute Gasteiger partial charge is 0.506 e. The van der Waals surface area contributed by atoms with Gasteiger partial charge < -0.3 is 29.2 Å². The van der Waals surface area contributed by atoms with Gasteiger partial charge in [0.1, 0.15) is 40.8 Å². The number of aliphatic carboxylic acids is 1. The van der Waals surface area contributed by atoms with Crippen LogP contribution >= 0.6 is 0 Å². The molecule has 2 aliphatic heterocycles. The zero-order chi connectivity index (χ0) is 34.8. The first-order chi connectivity index (χ1) is 22.0. The number of ether oxygens (including phenoxy) is 3. The van der Waals surface area contributed by atoms with Gasteiger partial charge in [-0.3, -0.25) is 4.79 Å². The topological polar surface area (TPSA) is 119 Å². The van der Waals surface area contributed by atoms with Gasteiger partial charge in [0.15, 0.2) is 5.78 Å². The van der Waals surface area contributed by atoms with Crippen molar-refractivity contribution in [3.05, 3.63) is 69.4 Å². The molecule has 4 unspecified atom stereocenters. The SMILES string of the molecule is CC(C)=CCC[C@]1(C)C=Cc2c(O)c3c(c(CC=C(C)C)c2O1)OC1C(=CC(C=O)CC1C(C)(C)OC(C)C/C=C(/C)C(=O)O)C3=O. The van der Waals surface area contributed by atoms with E-state index in [0.717, 1.165) is 24.7 Å². The van der Waals surface area contributed by atoms with E-state index in [9.17, 15) is 24.6 Å². The highest BCUT2D eigenvalue weighted by Gasteiger charge is 2.50. The molecule has 254 valence electrons. The summed E-state index contributed by atoms with van der Waals surface area (Å²) in [7, 11) is 0. The number of carboxylic acids is 1. The number of allylic oxidation sites excluding steroid dienone is 5. The van der Waals surface area contributed by atoms with Crippen molar-refractivity contribution in [1.82, 2.24) is 0 Å². The highest BCUT2D eigenvalue weighted by molar-refractivity contribution is 6.15. The molecule has 8 nitrogen and oxygen atoms in total. The van der Waals surface area contributed by atoms with Crippen molar-refractivity contribution in [2.45, 2.75) is 118 Å². The molecule has 0 radical (unpaired) electrons. The van der Waals surface area contributed by atoms with Gasteiger partial charge in [-0.15, -0.1) is 0 Å². The fourth-order valence-corrected chi connectivity index (χ4v) is 6.65. The first-order valence-corrected chi connectivity index (χ1v) is 16.5. The summed E-state index contributed by atoms with van der Waals surface area (Å²) in [6.07, 6.45) is 13.8. The monoisotopic (exact) mass is 646 g/mol. The zero-order valence-corrected chi connectivity index (χ0v) is 29.2. The minimum absolute atomic E-state index is 0.0801. The molecule has 0 aromatic heterocycles. The van der Waals surface area contributed by atoms with Gasteiger partial charge in [0.2, 0.25) is 0 Å². The molecular weight excluding hydrogens is 596 g/mol. The Morgan fingerprint density at radius 3 is 2.43 bits per heavy atom. The van der Waals surface area contributed by atoms with Gasteiger partial charge in [0.25, 0.3) is 0 Å². The standard InChI is InChI=1S/C39H50O8/c1-22(2)11-10-17-39(9)18-16-27-32(41)31-33(42)29-19-26(21-40)20-30(38(7,8)46-25(6)14-13-24(5)37(43)44)35(29)45-36(31)28(34(27)47-39)15-12-23(3)4/h11-13,16,18-19,21,25-26,30,35,41H,10,14-15,17,20H2,1-9H3,(H,43,44)/b24-13-/t25?,26?,30?,35?,39-/m1/s1. The van der Waals surface area contributed by atoms with Crippen molar-refractivity contribution in [2.75, 3.05) is 0 Å². The fourth-order valence-electron chi connectivity index (χ4n) is 6.65. The van der Waals surface area contributed by atoms with Crippen molar-refractivity contribution in [1.29, 1.82) is 0 Å². The normalized spacial score (nSPS) is 24.0. The molecule has 1 aromatic rings. The maximum atomic E-state index is 14.4. The summed E-state index contributed by atoms with van der Waals surface area (Å²) in [4.78, 5) is 37.8. The average molecular weight is 647 g/mol. The Labute approximate surface area is 278 Å². The van der Waals surface area contributed by atoms with Crippen LogP contribution in [0.15, 0.2) is 52.7 Å². The van der Waals surface area contributed by atoms with Gasteiger partial charge >= 0.3 is 5.97 Å². The average Bonchev–Trinajstić information content (AvgIpc) is 2.98. The number of aromatic hydroxyl groups is 1. The first kappa shape index (κ1) is 35.9. The summed E-state index contributed by atoms with van der Waals surface area (Å²) < 4.78 is 20.0. The van der Waals surface area contributed by atoms with Crippen LogP contribution in [0.3, 0.4) is 0 Å². The summed E-state index contributed by atoms with van der Waals surface area (Å²) in [5, 5.41) is 20.9. The number of hydrogen-bond acceptors (Lipinski definition) is 7. The number of carbonyl (C=O) groups excluding carboxylic acids is 2. The molecule has 0 spiro atoms. The highest BCUT2D eigenvalue weighted by atomic mass is 16.5. The molecule has 8 heteroatoms. The quantitative estimate of drug-likeness (QED) is 0.133. The molecule has 4 rings (SSSR count). The number of aldehydes is 1. The minimum atomic E-state index is -0.984. The van der Waals surface area contributed by atoms with Crippen LogP contribution in [0.4, 0.5) is 0 Å². The second kappa shape index (κ2) is 14.1. The predicted octanol–water partition coefficient (Wildman–Crippen LogP) is 8.12. The summed E-state index contributed by atoms with van der Waals surface area (Å²) in [5.41, 5.74) is 2.59. The zero-order valence-electron chi connectivity index (χ0n) is 29.2. The molecule has 1 aromatic carbocycles. The summed E-state index contributed by atoms with van der Waals surface area (Å²) in [6.45, 7) is 17.4. The number of phenols is 1. The minimum Gasteiger partial charge on any atom is -0.506 e. The van der Waals surface area contributed by atoms with Crippen molar-refractivity contribution < 1.29 is 38.8 Å². The Kier molecular flexibility index (Phi) is 10.8. The fraction of sp³-hybridized carbons (Fsp3) is 0.513. The van der Waals surface area contributed by atoms with Crippen LogP contribution < -0.4 is 9.47 Å². The van der Waals surface area contributed by atoms with Gasteiger partial charge in [-0.1, -0.05) is 35.5 Å². The van der Waals surface area contributed by atoms with Crippen LogP contribution in [0.1, 0.15) is 109 Å². The Hall–Kier alpha value is -3.91. The molecule has 47 heavy (non-hydrogen) atoms. The molecule has 2 N–H and O–H groups in total. The van der Waals surface area contributed by atoms with Gasteiger partial charge in [-0.05, 0) is 107 Å². The molecule has 0 saturated heterocycles.